The number of nitrogens with zero attached hydrogens (tertiary/aromatic N) is 1. The Morgan fingerprint density at radius 3 is 2.94 bits per heavy atom. The van der Waals surface area contributed by atoms with Gasteiger partial charge in [-0.3, -0.25) is 4.21 Å². The monoisotopic (exact) mass is 308 g/mol. The molecule has 1 saturated heterocycles. The predicted molar refractivity (Wildman–Crippen MR) is 78.8 cm³/mol. The van der Waals surface area contributed by atoms with Gasteiger partial charge in [-0.25, -0.2) is 4.98 Å². The maximum Gasteiger partial charge on any atom is 0.129 e. The lowest BCUT2D eigenvalue weighted by Gasteiger charge is -2.22. The number of hydrogen-bond acceptors (Lipinski definition) is 3. The van der Waals surface area contributed by atoms with E-state index in [4.69, 9.17) is 11.6 Å². The second-order valence-electron chi connectivity index (χ2n) is 4.45. The molecule has 102 valence electrons. The normalized spacial score (nSPS) is 21.1. The van der Waals surface area contributed by atoms with Gasteiger partial charge in [0.15, 0.2) is 0 Å². The molecule has 0 amide bonds. The minimum Gasteiger partial charge on any atom is -0.316 e. The van der Waals surface area contributed by atoms with Gasteiger partial charge in [0.25, 0.3) is 0 Å². The van der Waals surface area contributed by atoms with Crippen LogP contribution in [0.1, 0.15) is 18.4 Å². The summed E-state index contributed by atoms with van der Waals surface area (Å²) >= 11 is 5.71. The van der Waals surface area contributed by atoms with E-state index in [0.717, 1.165) is 24.4 Å². The molecule has 0 aliphatic carbocycles. The minimum atomic E-state index is -0.798. The van der Waals surface area contributed by atoms with Crippen LogP contribution in [-0.2, 0) is 16.6 Å². The first kappa shape index (κ1) is 15.9. The maximum atomic E-state index is 12.0. The van der Waals surface area contributed by atoms with Crippen molar-refractivity contribution in [2.24, 2.45) is 5.92 Å². The van der Waals surface area contributed by atoms with E-state index in [1.54, 1.807) is 12.3 Å². The van der Waals surface area contributed by atoms with Gasteiger partial charge in [0.05, 0.1) is 5.75 Å². The van der Waals surface area contributed by atoms with Crippen molar-refractivity contribution in [2.45, 2.75) is 18.6 Å². The lowest BCUT2D eigenvalue weighted by Crippen LogP contribution is -2.32. The number of aromatic nitrogens is 1. The Morgan fingerprint density at radius 1 is 1.50 bits per heavy atom. The number of halogens is 2. The van der Waals surface area contributed by atoms with Crippen LogP contribution in [0, 0.1) is 5.92 Å². The number of piperidine rings is 1. The Kier molecular flexibility index (Phi) is 7.15. The number of pyridine rings is 1. The van der Waals surface area contributed by atoms with Crippen LogP contribution in [0.2, 0.25) is 5.15 Å². The molecule has 1 aromatic heterocycles. The van der Waals surface area contributed by atoms with Crippen LogP contribution in [0.5, 0.6) is 0 Å². The third-order valence-electron chi connectivity index (χ3n) is 2.94. The molecule has 0 spiro atoms. The first-order chi connectivity index (χ1) is 8.24. The highest BCUT2D eigenvalue weighted by Gasteiger charge is 2.16. The van der Waals surface area contributed by atoms with Crippen LogP contribution in [0.3, 0.4) is 0 Å². The van der Waals surface area contributed by atoms with Gasteiger partial charge in [-0.05, 0) is 43.5 Å². The van der Waals surface area contributed by atoms with Crippen LogP contribution >= 0.6 is 24.0 Å². The van der Waals surface area contributed by atoms with E-state index in [2.05, 4.69) is 10.3 Å². The molecule has 2 unspecified atom stereocenters. The molecule has 1 aliphatic heterocycles. The standard InChI is InChI=1S/C12H17ClN2OS.ClH/c13-12-4-3-11(7-15-12)9-17(16)8-10-2-1-5-14-6-10;/h3-4,7,10,14H,1-2,5-6,8-9H2;1H. The van der Waals surface area contributed by atoms with Gasteiger partial charge in [-0.15, -0.1) is 12.4 Å². The maximum absolute atomic E-state index is 12.0. The van der Waals surface area contributed by atoms with Crippen molar-refractivity contribution in [2.75, 3.05) is 18.8 Å². The molecule has 1 aliphatic rings. The van der Waals surface area contributed by atoms with Gasteiger partial charge in [0, 0.05) is 22.7 Å². The number of nitrogens with one attached hydrogen (secondary N) is 1. The second-order valence-corrected chi connectivity index (χ2v) is 6.34. The van der Waals surface area contributed by atoms with E-state index in [1.165, 1.54) is 12.8 Å². The lowest BCUT2D eigenvalue weighted by molar-refractivity contribution is 0.408. The first-order valence-corrected chi connectivity index (χ1v) is 7.77. The van der Waals surface area contributed by atoms with Crippen LogP contribution in [0.15, 0.2) is 18.3 Å². The molecule has 0 aromatic carbocycles. The van der Waals surface area contributed by atoms with Crippen molar-refractivity contribution in [1.82, 2.24) is 10.3 Å². The minimum absolute atomic E-state index is 0. The second kappa shape index (κ2) is 8.10. The summed E-state index contributed by atoms with van der Waals surface area (Å²) in [5, 5.41) is 3.83. The molecule has 18 heavy (non-hydrogen) atoms. The van der Waals surface area contributed by atoms with E-state index in [-0.39, 0.29) is 12.4 Å². The molecule has 2 atom stereocenters. The van der Waals surface area contributed by atoms with E-state index in [1.807, 2.05) is 6.07 Å². The molecule has 0 radical (unpaired) electrons. The van der Waals surface area contributed by atoms with Gasteiger partial charge >= 0.3 is 0 Å². The Hall–Kier alpha value is -0.160. The van der Waals surface area contributed by atoms with Crippen molar-refractivity contribution in [1.29, 1.82) is 0 Å². The number of rotatable bonds is 4. The van der Waals surface area contributed by atoms with Crippen molar-refractivity contribution < 1.29 is 4.21 Å². The SMILES string of the molecule is Cl.O=S(Cc1ccc(Cl)nc1)CC1CCCNC1. The summed E-state index contributed by atoms with van der Waals surface area (Å²) in [6.45, 7) is 2.11. The third kappa shape index (κ3) is 5.22. The summed E-state index contributed by atoms with van der Waals surface area (Å²) < 4.78 is 12.0. The van der Waals surface area contributed by atoms with Gasteiger partial charge in [-0.2, -0.15) is 0 Å². The summed E-state index contributed by atoms with van der Waals surface area (Å²) in [7, 11) is -0.798. The highest BCUT2D eigenvalue weighted by Crippen LogP contribution is 2.14. The van der Waals surface area contributed by atoms with E-state index in [0.29, 0.717) is 16.8 Å². The van der Waals surface area contributed by atoms with Crippen LogP contribution in [-0.4, -0.2) is 28.0 Å². The molecule has 3 nitrogen and oxygen atoms in total. The summed E-state index contributed by atoms with van der Waals surface area (Å²) in [5.41, 5.74) is 0.997. The summed E-state index contributed by atoms with van der Waals surface area (Å²) in [6.07, 6.45) is 4.10. The van der Waals surface area contributed by atoms with Crippen molar-refractivity contribution in [3.8, 4) is 0 Å². The first-order valence-electron chi connectivity index (χ1n) is 5.90. The molecule has 1 aromatic rings. The summed E-state index contributed by atoms with van der Waals surface area (Å²) in [4.78, 5) is 4.00. The van der Waals surface area contributed by atoms with E-state index >= 15 is 0 Å². The molecule has 0 bridgehead atoms. The van der Waals surface area contributed by atoms with Gasteiger partial charge in [0.1, 0.15) is 5.15 Å². The van der Waals surface area contributed by atoms with Gasteiger partial charge in [0.2, 0.25) is 0 Å². The molecule has 6 heteroatoms. The van der Waals surface area contributed by atoms with Gasteiger partial charge < -0.3 is 5.32 Å². The van der Waals surface area contributed by atoms with E-state index < -0.39 is 10.8 Å². The third-order valence-corrected chi connectivity index (χ3v) is 4.66. The average molecular weight is 309 g/mol. The van der Waals surface area contributed by atoms with E-state index in [9.17, 15) is 4.21 Å². The molecule has 0 saturated carbocycles. The van der Waals surface area contributed by atoms with Gasteiger partial charge in [-0.1, -0.05) is 17.7 Å². The summed E-state index contributed by atoms with van der Waals surface area (Å²) in [5.74, 6) is 1.93. The fraction of sp³-hybridized carbons (Fsp3) is 0.583. The topological polar surface area (TPSA) is 42.0 Å². The Bertz CT molecular complexity index is 380. The fourth-order valence-electron chi connectivity index (χ4n) is 2.07. The fourth-order valence-corrected chi connectivity index (χ4v) is 3.65. The quantitative estimate of drug-likeness (QED) is 0.869. The lowest BCUT2D eigenvalue weighted by atomic mass is 10.0. The zero-order chi connectivity index (χ0) is 12.1. The zero-order valence-corrected chi connectivity index (χ0v) is 12.5. The Morgan fingerprint density at radius 2 is 2.33 bits per heavy atom. The zero-order valence-electron chi connectivity index (χ0n) is 10.1. The molecule has 1 fully saturated rings. The number of hydrogen-bond donors (Lipinski definition) is 1. The molecular weight excluding hydrogens is 291 g/mol. The van der Waals surface area contributed by atoms with Crippen molar-refractivity contribution in [3.05, 3.63) is 29.0 Å². The molecule has 1 N–H and O–H groups in total. The van der Waals surface area contributed by atoms with Crippen LogP contribution < -0.4 is 5.32 Å². The largest absolute Gasteiger partial charge is 0.316 e. The molecule has 2 rings (SSSR count). The van der Waals surface area contributed by atoms with Crippen molar-refractivity contribution >= 4 is 34.8 Å². The Balaban J connectivity index is 0.00000162. The average Bonchev–Trinajstić information content (AvgIpc) is 2.33. The highest BCUT2D eigenvalue weighted by molar-refractivity contribution is 7.84. The van der Waals surface area contributed by atoms with Crippen molar-refractivity contribution in [3.63, 3.8) is 0 Å². The van der Waals surface area contributed by atoms with Crippen LogP contribution in [0.25, 0.3) is 0 Å². The predicted octanol–water partition coefficient (Wildman–Crippen LogP) is 2.41. The summed E-state index contributed by atoms with van der Waals surface area (Å²) in [6, 6.07) is 3.64. The molecule has 2 heterocycles. The smallest absolute Gasteiger partial charge is 0.129 e. The molecular formula is C12H18Cl2N2OS. The van der Waals surface area contributed by atoms with Crippen LogP contribution in [0.4, 0.5) is 0 Å². The highest BCUT2D eigenvalue weighted by atomic mass is 35.5. The Labute approximate surface area is 122 Å².